The standard InChI is InChI=1S/C29H23NO6/c1-3-35-21-11-7-6-10-20(21)30-27(33)22-23(28(30)34)29(36-24(22)17-14-12-16(2)13-15-17)25(31)18-8-4-5-9-19(18)26(29)32/h4-15,22-24H,3H2,1-2H3/t22-,23+,24-/m1/s1. The molecule has 3 atom stereocenters. The second-order valence-corrected chi connectivity index (χ2v) is 9.30. The summed E-state index contributed by atoms with van der Waals surface area (Å²) in [7, 11) is 0. The van der Waals surface area contributed by atoms with Gasteiger partial charge in [0.25, 0.3) is 0 Å². The Balaban J connectivity index is 1.54. The third kappa shape index (κ3) is 2.83. The largest absolute Gasteiger partial charge is 0.492 e. The highest BCUT2D eigenvalue weighted by Gasteiger charge is 2.74. The summed E-state index contributed by atoms with van der Waals surface area (Å²) in [6.45, 7) is 4.08. The highest BCUT2D eigenvalue weighted by molar-refractivity contribution is 6.37. The van der Waals surface area contributed by atoms with Crippen LogP contribution in [-0.4, -0.2) is 35.6 Å². The first-order valence-electron chi connectivity index (χ1n) is 11.9. The SMILES string of the molecule is CCOc1ccccc1N1C(=O)[C@H]2[C@@H](c3ccc(C)cc3)OC3(C(=O)c4ccccc4C3=O)[C@@H]2C1=O. The van der Waals surface area contributed by atoms with E-state index in [1.807, 2.05) is 38.1 Å². The molecule has 0 bridgehead atoms. The first kappa shape index (κ1) is 22.4. The van der Waals surface area contributed by atoms with E-state index >= 15 is 0 Å². The summed E-state index contributed by atoms with van der Waals surface area (Å²) in [5.41, 5.74) is 0.247. The third-order valence-corrected chi connectivity index (χ3v) is 7.33. The molecule has 1 spiro atoms. The first-order chi connectivity index (χ1) is 17.4. The lowest BCUT2D eigenvalue weighted by molar-refractivity contribution is -0.127. The Labute approximate surface area is 207 Å². The van der Waals surface area contributed by atoms with Crippen LogP contribution in [-0.2, 0) is 14.3 Å². The average Bonchev–Trinajstić information content (AvgIpc) is 3.45. The summed E-state index contributed by atoms with van der Waals surface area (Å²) in [6.07, 6.45) is -0.946. The molecule has 0 aromatic heterocycles. The van der Waals surface area contributed by atoms with Crippen LogP contribution in [0, 0.1) is 18.8 Å². The van der Waals surface area contributed by atoms with Crippen LogP contribution < -0.4 is 9.64 Å². The van der Waals surface area contributed by atoms with Crippen LogP contribution >= 0.6 is 0 Å². The van der Waals surface area contributed by atoms with Crippen LogP contribution in [0.5, 0.6) is 5.75 Å². The fraction of sp³-hybridized carbons (Fsp3) is 0.241. The number of anilines is 1. The zero-order chi connectivity index (χ0) is 25.2. The maximum atomic E-state index is 14.1. The topological polar surface area (TPSA) is 90.0 Å². The van der Waals surface area contributed by atoms with Crippen molar-refractivity contribution in [3.05, 3.63) is 95.1 Å². The first-order valence-corrected chi connectivity index (χ1v) is 11.9. The summed E-state index contributed by atoms with van der Waals surface area (Å²) in [4.78, 5) is 56.7. The molecule has 7 nitrogen and oxygen atoms in total. The van der Waals surface area contributed by atoms with E-state index in [1.165, 1.54) is 0 Å². The zero-order valence-electron chi connectivity index (χ0n) is 19.8. The number of fused-ring (bicyclic) bond motifs is 3. The third-order valence-electron chi connectivity index (χ3n) is 7.33. The van der Waals surface area contributed by atoms with E-state index in [-0.39, 0.29) is 16.8 Å². The van der Waals surface area contributed by atoms with Gasteiger partial charge >= 0.3 is 0 Å². The average molecular weight is 482 g/mol. The molecule has 2 heterocycles. The van der Waals surface area contributed by atoms with Gasteiger partial charge in [-0.15, -0.1) is 0 Å². The fourth-order valence-electron chi connectivity index (χ4n) is 5.73. The van der Waals surface area contributed by atoms with Crippen LogP contribution in [0.3, 0.4) is 0 Å². The summed E-state index contributed by atoms with van der Waals surface area (Å²) in [6, 6.07) is 20.6. The van der Waals surface area contributed by atoms with Crippen molar-refractivity contribution in [1.29, 1.82) is 0 Å². The molecular weight excluding hydrogens is 458 g/mol. The molecule has 1 aliphatic carbocycles. The highest BCUT2D eigenvalue weighted by atomic mass is 16.5. The van der Waals surface area contributed by atoms with Crippen molar-refractivity contribution in [2.24, 2.45) is 11.8 Å². The van der Waals surface area contributed by atoms with Gasteiger partial charge in [-0.3, -0.25) is 19.2 Å². The molecule has 2 aliphatic heterocycles. The number of hydrogen-bond donors (Lipinski definition) is 0. The Kier molecular flexibility index (Phi) is 4.95. The molecule has 7 heteroatoms. The van der Waals surface area contributed by atoms with E-state index in [0.717, 1.165) is 10.5 Å². The van der Waals surface area contributed by atoms with Gasteiger partial charge in [0.2, 0.25) is 29.0 Å². The smallest absolute Gasteiger partial charge is 0.241 e. The van der Waals surface area contributed by atoms with Crippen molar-refractivity contribution >= 4 is 29.1 Å². The van der Waals surface area contributed by atoms with Crippen molar-refractivity contribution in [3.8, 4) is 5.75 Å². The quantitative estimate of drug-likeness (QED) is 0.412. The van der Waals surface area contributed by atoms with Crippen molar-refractivity contribution in [2.75, 3.05) is 11.5 Å². The molecule has 2 amide bonds. The van der Waals surface area contributed by atoms with Gasteiger partial charge in [-0.2, -0.15) is 0 Å². The maximum absolute atomic E-state index is 14.1. The van der Waals surface area contributed by atoms with Gasteiger partial charge < -0.3 is 9.47 Å². The lowest BCUT2D eigenvalue weighted by Crippen LogP contribution is -2.51. The number of hydrogen-bond acceptors (Lipinski definition) is 6. The number of ether oxygens (including phenoxy) is 2. The number of aryl methyl sites for hydroxylation is 1. The number of amides is 2. The molecule has 3 aromatic carbocycles. The molecule has 2 fully saturated rings. The number of Topliss-reactive ketones (excluding diaryl/α,β-unsaturated/α-hetero) is 2. The van der Waals surface area contributed by atoms with Crippen molar-refractivity contribution in [2.45, 2.75) is 25.6 Å². The van der Waals surface area contributed by atoms with Crippen LogP contribution in [0.4, 0.5) is 5.69 Å². The van der Waals surface area contributed by atoms with E-state index in [9.17, 15) is 19.2 Å². The minimum Gasteiger partial charge on any atom is -0.492 e. The van der Waals surface area contributed by atoms with Crippen LogP contribution in [0.1, 0.15) is 44.9 Å². The van der Waals surface area contributed by atoms with E-state index in [2.05, 4.69) is 0 Å². The van der Waals surface area contributed by atoms with E-state index in [0.29, 0.717) is 17.9 Å². The lowest BCUT2D eigenvalue weighted by Gasteiger charge is -2.27. The molecular formula is C29H23NO6. The Hall–Kier alpha value is -4.10. The van der Waals surface area contributed by atoms with Gasteiger partial charge in [-0.05, 0) is 31.5 Å². The Morgan fingerprint density at radius 3 is 2.08 bits per heavy atom. The summed E-state index contributed by atoms with van der Waals surface area (Å²) < 4.78 is 12.0. The summed E-state index contributed by atoms with van der Waals surface area (Å²) >= 11 is 0. The summed E-state index contributed by atoms with van der Waals surface area (Å²) in [5.74, 6) is -4.27. The van der Waals surface area contributed by atoms with Gasteiger partial charge in [0.15, 0.2) is 0 Å². The molecule has 3 aliphatic rings. The van der Waals surface area contributed by atoms with Gasteiger partial charge in [-0.25, -0.2) is 4.90 Å². The van der Waals surface area contributed by atoms with Gasteiger partial charge in [0.05, 0.1) is 30.2 Å². The second kappa shape index (κ2) is 7.96. The van der Waals surface area contributed by atoms with Gasteiger partial charge in [-0.1, -0.05) is 66.2 Å². The monoisotopic (exact) mass is 481 g/mol. The fourth-order valence-corrected chi connectivity index (χ4v) is 5.73. The number of para-hydroxylation sites is 2. The number of carbonyl (C=O) groups is 4. The summed E-state index contributed by atoms with van der Waals surface area (Å²) in [5, 5.41) is 0. The Morgan fingerprint density at radius 1 is 0.833 bits per heavy atom. The highest BCUT2D eigenvalue weighted by Crippen LogP contribution is 2.58. The molecule has 180 valence electrons. The molecule has 0 N–H and O–H groups in total. The minimum absolute atomic E-state index is 0.208. The van der Waals surface area contributed by atoms with Crippen molar-refractivity contribution in [3.63, 3.8) is 0 Å². The Bertz CT molecular complexity index is 1410. The van der Waals surface area contributed by atoms with E-state index in [4.69, 9.17) is 9.47 Å². The predicted octanol–water partition coefficient (Wildman–Crippen LogP) is 4.09. The molecule has 36 heavy (non-hydrogen) atoms. The van der Waals surface area contributed by atoms with Gasteiger partial charge in [0.1, 0.15) is 5.75 Å². The number of ketones is 2. The maximum Gasteiger partial charge on any atom is 0.241 e. The molecule has 2 saturated heterocycles. The van der Waals surface area contributed by atoms with Gasteiger partial charge in [0, 0.05) is 11.1 Å². The van der Waals surface area contributed by atoms with Crippen molar-refractivity contribution in [1.82, 2.24) is 0 Å². The molecule has 0 radical (unpaired) electrons. The number of nitrogens with zero attached hydrogens (tertiary/aromatic N) is 1. The number of carbonyl (C=O) groups excluding carboxylic acids is 4. The lowest BCUT2D eigenvalue weighted by atomic mass is 9.77. The number of benzene rings is 3. The molecule has 0 unspecified atom stereocenters. The van der Waals surface area contributed by atoms with Crippen molar-refractivity contribution < 1.29 is 28.7 Å². The minimum atomic E-state index is -2.09. The number of imide groups is 1. The van der Waals surface area contributed by atoms with Crippen LogP contribution in [0.2, 0.25) is 0 Å². The Morgan fingerprint density at radius 2 is 1.44 bits per heavy atom. The molecule has 3 aromatic rings. The second-order valence-electron chi connectivity index (χ2n) is 9.30. The predicted molar refractivity (Wildman–Crippen MR) is 130 cm³/mol. The molecule has 6 rings (SSSR count). The van der Waals surface area contributed by atoms with E-state index < -0.39 is 46.9 Å². The van der Waals surface area contributed by atoms with Crippen LogP contribution in [0.25, 0.3) is 0 Å². The molecule has 0 saturated carbocycles. The van der Waals surface area contributed by atoms with E-state index in [1.54, 1.807) is 48.5 Å². The van der Waals surface area contributed by atoms with Crippen LogP contribution in [0.15, 0.2) is 72.8 Å². The normalized spacial score (nSPS) is 23.9. The zero-order valence-corrected chi connectivity index (χ0v) is 19.8. The number of rotatable bonds is 4.